The van der Waals surface area contributed by atoms with E-state index in [1.165, 1.54) is 0 Å². The van der Waals surface area contributed by atoms with Crippen molar-refractivity contribution in [2.75, 3.05) is 6.61 Å². The van der Waals surface area contributed by atoms with Crippen molar-refractivity contribution < 1.29 is 9.90 Å². The van der Waals surface area contributed by atoms with Crippen molar-refractivity contribution in [3.8, 4) is 0 Å². The van der Waals surface area contributed by atoms with E-state index in [4.69, 9.17) is 5.11 Å². The van der Waals surface area contributed by atoms with Gasteiger partial charge in [-0.05, 0) is 18.3 Å². The molecule has 0 fully saturated rings. The molecule has 17 heavy (non-hydrogen) atoms. The monoisotopic (exact) mass is 243 g/mol. The minimum atomic E-state index is -0.0110. The first-order valence-electron chi connectivity index (χ1n) is 6.74. The van der Waals surface area contributed by atoms with E-state index in [0.29, 0.717) is 6.42 Å². The van der Waals surface area contributed by atoms with Crippen molar-refractivity contribution >= 4 is 5.91 Å². The van der Waals surface area contributed by atoms with Crippen molar-refractivity contribution in [1.82, 2.24) is 5.32 Å². The molecule has 0 saturated carbocycles. The molecule has 102 valence electrons. The number of carbonyl (C=O) groups is 1. The summed E-state index contributed by atoms with van der Waals surface area (Å²) in [6.45, 7) is 10.5. The first kappa shape index (κ1) is 16.4. The Morgan fingerprint density at radius 3 is 2.29 bits per heavy atom. The lowest BCUT2D eigenvalue weighted by Gasteiger charge is -2.32. The minimum absolute atomic E-state index is 0.0110. The maximum Gasteiger partial charge on any atom is 0.223 e. The summed E-state index contributed by atoms with van der Waals surface area (Å²) < 4.78 is 0. The molecule has 0 aliphatic carbocycles. The fourth-order valence-corrected chi connectivity index (χ4v) is 1.81. The average Bonchev–Trinajstić information content (AvgIpc) is 2.23. The zero-order chi connectivity index (χ0) is 13.5. The third kappa shape index (κ3) is 6.67. The van der Waals surface area contributed by atoms with Gasteiger partial charge in [-0.1, -0.05) is 47.5 Å². The molecule has 2 atom stereocenters. The van der Waals surface area contributed by atoms with Crippen LogP contribution in [-0.4, -0.2) is 23.7 Å². The predicted molar refractivity (Wildman–Crippen MR) is 71.8 cm³/mol. The number of hydrogen-bond donors (Lipinski definition) is 2. The van der Waals surface area contributed by atoms with Crippen molar-refractivity contribution in [3.05, 3.63) is 0 Å². The highest BCUT2D eigenvalue weighted by molar-refractivity contribution is 5.78. The number of unbranched alkanes of at least 4 members (excludes halogenated alkanes) is 1. The lowest BCUT2D eigenvalue weighted by atomic mass is 9.84. The van der Waals surface area contributed by atoms with Crippen LogP contribution in [0, 0.1) is 11.3 Å². The topological polar surface area (TPSA) is 49.3 Å². The third-order valence-corrected chi connectivity index (χ3v) is 3.22. The molecule has 0 heterocycles. The van der Waals surface area contributed by atoms with Crippen LogP contribution in [0.1, 0.15) is 60.3 Å². The molecule has 0 aromatic rings. The number of carbonyl (C=O) groups excluding carboxylic acids is 1. The van der Waals surface area contributed by atoms with Crippen LogP contribution in [0.15, 0.2) is 0 Å². The molecule has 2 N–H and O–H groups in total. The molecule has 0 aliphatic rings. The smallest absolute Gasteiger partial charge is 0.223 e. The maximum atomic E-state index is 12.0. The van der Waals surface area contributed by atoms with Crippen molar-refractivity contribution in [2.45, 2.75) is 66.3 Å². The summed E-state index contributed by atoms with van der Waals surface area (Å²) in [6, 6.07) is 0.0454. The Kier molecular flexibility index (Phi) is 7.44. The zero-order valence-electron chi connectivity index (χ0n) is 12.0. The summed E-state index contributed by atoms with van der Waals surface area (Å²) in [7, 11) is 0. The Morgan fingerprint density at radius 2 is 1.88 bits per heavy atom. The van der Waals surface area contributed by atoms with Gasteiger partial charge < -0.3 is 10.4 Å². The van der Waals surface area contributed by atoms with Gasteiger partial charge in [0.1, 0.15) is 0 Å². The molecular formula is C14H29NO2. The van der Waals surface area contributed by atoms with Crippen molar-refractivity contribution in [2.24, 2.45) is 11.3 Å². The van der Waals surface area contributed by atoms with E-state index in [1.54, 1.807) is 0 Å². The molecule has 0 saturated heterocycles. The second-order valence-corrected chi connectivity index (χ2v) is 5.98. The number of aliphatic hydroxyl groups excluding tert-OH is 1. The highest BCUT2D eigenvalue weighted by atomic mass is 16.3. The number of hydrogen-bond acceptors (Lipinski definition) is 2. The van der Waals surface area contributed by atoms with Crippen LogP contribution in [0.3, 0.4) is 0 Å². The van der Waals surface area contributed by atoms with Gasteiger partial charge in [-0.15, -0.1) is 0 Å². The summed E-state index contributed by atoms with van der Waals surface area (Å²) in [4.78, 5) is 12.0. The van der Waals surface area contributed by atoms with Gasteiger partial charge in [0.15, 0.2) is 0 Å². The summed E-state index contributed by atoms with van der Waals surface area (Å²) >= 11 is 0. The summed E-state index contributed by atoms with van der Waals surface area (Å²) in [5.74, 6) is 0.185. The quantitative estimate of drug-likeness (QED) is 0.722. The summed E-state index contributed by atoms with van der Waals surface area (Å²) in [5, 5.41) is 12.1. The van der Waals surface area contributed by atoms with Crippen molar-refractivity contribution in [1.29, 1.82) is 0 Å². The molecule has 0 aromatic carbocycles. The normalized spacial score (nSPS) is 15.4. The molecule has 0 aromatic heterocycles. The van der Waals surface area contributed by atoms with Crippen LogP contribution in [0.5, 0.6) is 0 Å². The van der Waals surface area contributed by atoms with Crippen molar-refractivity contribution in [3.63, 3.8) is 0 Å². The second-order valence-electron chi connectivity index (χ2n) is 5.98. The molecule has 3 nitrogen and oxygen atoms in total. The van der Waals surface area contributed by atoms with Crippen LogP contribution in [0.2, 0.25) is 0 Å². The fraction of sp³-hybridized carbons (Fsp3) is 0.929. The first-order chi connectivity index (χ1) is 7.82. The molecule has 0 bridgehead atoms. The lowest BCUT2D eigenvalue weighted by molar-refractivity contribution is -0.126. The van der Waals surface area contributed by atoms with Gasteiger partial charge in [0.2, 0.25) is 5.91 Å². The highest BCUT2D eigenvalue weighted by Crippen LogP contribution is 2.22. The maximum absolute atomic E-state index is 12.0. The first-order valence-corrected chi connectivity index (χ1v) is 6.74. The Bertz CT molecular complexity index is 221. The number of aliphatic hydroxyl groups is 1. The van der Waals surface area contributed by atoms with Gasteiger partial charge in [0.25, 0.3) is 0 Å². The molecule has 0 aliphatic heterocycles. The van der Waals surface area contributed by atoms with Crippen LogP contribution < -0.4 is 5.32 Å². The van der Waals surface area contributed by atoms with E-state index < -0.39 is 0 Å². The van der Waals surface area contributed by atoms with Gasteiger partial charge in [-0.25, -0.2) is 0 Å². The van der Waals surface area contributed by atoms with E-state index in [-0.39, 0.29) is 29.9 Å². The summed E-state index contributed by atoms with van der Waals surface area (Å²) in [5.41, 5.74) is -0.0110. The Balaban J connectivity index is 4.30. The molecule has 1 amide bonds. The molecule has 0 radical (unpaired) electrons. The SMILES string of the molecule is CCCCC(C)C(=O)NC(CCO)C(C)(C)C. The van der Waals surface area contributed by atoms with Gasteiger partial charge in [0, 0.05) is 18.6 Å². The fourth-order valence-electron chi connectivity index (χ4n) is 1.81. The Morgan fingerprint density at radius 1 is 1.29 bits per heavy atom. The Labute approximate surface area is 106 Å². The number of rotatable bonds is 7. The minimum Gasteiger partial charge on any atom is -0.396 e. The van der Waals surface area contributed by atoms with Crippen LogP contribution in [-0.2, 0) is 4.79 Å². The van der Waals surface area contributed by atoms with Gasteiger partial charge >= 0.3 is 0 Å². The third-order valence-electron chi connectivity index (χ3n) is 3.22. The number of amides is 1. The van der Waals surface area contributed by atoms with E-state index in [2.05, 4.69) is 33.0 Å². The average molecular weight is 243 g/mol. The zero-order valence-corrected chi connectivity index (χ0v) is 12.0. The summed E-state index contributed by atoms with van der Waals surface area (Å²) in [6.07, 6.45) is 3.78. The lowest BCUT2D eigenvalue weighted by Crippen LogP contribution is -2.46. The molecular weight excluding hydrogens is 214 g/mol. The Hall–Kier alpha value is -0.570. The van der Waals surface area contributed by atoms with Gasteiger partial charge in [-0.2, -0.15) is 0 Å². The molecule has 0 spiro atoms. The largest absolute Gasteiger partial charge is 0.396 e. The molecule has 2 unspecified atom stereocenters. The van der Waals surface area contributed by atoms with Crippen LogP contribution >= 0.6 is 0 Å². The molecule has 0 rings (SSSR count). The standard InChI is InChI=1S/C14H29NO2/c1-6-7-8-11(2)13(17)15-12(9-10-16)14(3,4)5/h11-12,16H,6-10H2,1-5H3,(H,15,17). The second kappa shape index (κ2) is 7.70. The molecule has 3 heteroatoms. The van der Waals surface area contributed by atoms with E-state index >= 15 is 0 Å². The van der Waals surface area contributed by atoms with E-state index in [9.17, 15) is 4.79 Å². The highest BCUT2D eigenvalue weighted by Gasteiger charge is 2.26. The van der Waals surface area contributed by atoms with Gasteiger partial charge in [-0.3, -0.25) is 4.79 Å². The van der Waals surface area contributed by atoms with E-state index in [0.717, 1.165) is 19.3 Å². The van der Waals surface area contributed by atoms with Crippen LogP contribution in [0.25, 0.3) is 0 Å². The number of nitrogens with one attached hydrogen (secondary N) is 1. The van der Waals surface area contributed by atoms with Gasteiger partial charge in [0.05, 0.1) is 0 Å². The van der Waals surface area contributed by atoms with E-state index in [1.807, 2.05) is 6.92 Å². The predicted octanol–water partition coefficient (Wildman–Crippen LogP) is 2.73. The van der Waals surface area contributed by atoms with Crippen LogP contribution in [0.4, 0.5) is 0 Å².